The van der Waals surface area contributed by atoms with Crippen LogP contribution in [0.5, 0.6) is 0 Å². The van der Waals surface area contributed by atoms with Crippen LogP contribution in [0.4, 0.5) is 5.69 Å². The summed E-state index contributed by atoms with van der Waals surface area (Å²) in [6.45, 7) is 6.01. The molecule has 2 aromatic carbocycles. The van der Waals surface area contributed by atoms with Gasteiger partial charge in [-0.1, -0.05) is 62.4 Å². The van der Waals surface area contributed by atoms with Crippen LogP contribution in [0.3, 0.4) is 0 Å². The summed E-state index contributed by atoms with van der Waals surface area (Å²) in [6, 6.07) is 20.8. The Labute approximate surface area is 212 Å². The van der Waals surface area contributed by atoms with Gasteiger partial charge in [0.15, 0.2) is 11.8 Å². The number of likely N-dealkylation sites (tertiary alicyclic amines) is 1. The molecule has 0 aliphatic carbocycles. The lowest BCUT2D eigenvalue weighted by Crippen LogP contribution is -2.48. The average Bonchev–Trinajstić information content (AvgIpc) is 3.38. The average molecular weight is 491 g/mol. The van der Waals surface area contributed by atoms with Gasteiger partial charge in [-0.15, -0.1) is 11.3 Å². The third kappa shape index (κ3) is 6.59. The molecule has 3 aromatic rings. The van der Waals surface area contributed by atoms with E-state index < -0.39 is 6.04 Å². The molecule has 4 rings (SSSR count). The van der Waals surface area contributed by atoms with E-state index in [1.807, 2.05) is 72.1 Å². The van der Waals surface area contributed by atoms with Crippen LogP contribution in [0.2, 0.25) is 0 Å². The van der Waals surface area contributed by atoms with Crippen LogP contribution in [0.1, 0.15) is 53.5 Å². The second kappa shape index (κ2) is 12.1. The Kier molecular flexibility index (Phi) is 8.72. The molecule has 0 saturated carbocycles. The highest BCUT2D eigenvalue weighted by molar-refractivity contribution is 7.10. The molecule has 1 fully saturated rings. The molecule has 1 aliphatic heterocycles. The highest BCUT2D eigenvalue weighted by Crippen LogP contribution is 2.28. The summed E-state index contributed by atoms with van der Waals surface area (Å²) in [5.74, 6) is 0.127. The number of aryl methyl sites for hydroxylation is 1. The summed E-state index contributed by atoms with van der Waals surface area (Å²) in [4.78, 5) is 29.7. The summed E-state index contributed by atoms with van der Waals surface area (Å²) in [5.41, 5.74) is 2.51. The van der Waals surface area contributed by atoms with E-state index in [4.69, 9.17) is 4.74 Å². The van der Waals surface area contributed by atoms with Crippen molar-refractivity contribution in [3.8, 4) is 0 Å². The highest BCUT2D eigenvalue weighted by Gasteiger charge is 2.34. The topological polar surface area (TPSA) is 58.6 Å². The number of carbonyl (C=O) groups excluding carboxylic acids is 2. The third-order valence-electron chi connectivity index (χ3n) is 6.72. The summed E-state index contributed by atoms with van der Waals surface area (Å²) < 4.78 is 6.17. The fraction of sp³-hybridized carbons (Fsp3) is 0.379. The first-order valence-electron chi connectivity index (χ1n) is 12.5. The van der Waals surface area contributed by atoms with E-state index >= 15 is 0 Å². The lowest BCUT2D eigenvalue weighted by atomic mass is 9.91. The molecule has 0 spiro atoms. The Balaban J connectivity index is 1.45. The Morgan fingerprint density at radius 1 is 1.09 bits per heavy atom. The number of ketones is 1. The van der Waals surface area contributed by atoms with Crippen LogP contribution in [0.15, 0.2) is 72.1 Å². The quantitative estimate of drug-likeness (QED) is 0.279. The number of hydrogen-bond donors (Lipinski definition) is 1. The predicted octanol–water partition coefficient (Wildman–Crippen LogP) is 5.99. The van der Waals surface area contributed by atoms with Gasteiger partial charge in [-0.2, -0.15) is 0 Å². The largest absolute Gasteiger partial charge is 0.459 e. The van der Waals surface area contributed by atoms with E-state index in [0.717, 1.165) is 42.6 Å². The highest BCUT2D eigenvalue weighted by atomic mass is 32.1. The minimum absolute atomic E-state index is 0.133. The number of benzene rings is 2. The van der Waals surface area contributed by atoms with Gasteiger partial charge in [0, 0.05) is 28.1 Å². The number of esters is 1. The van der Waals surface area contributed by atoms with Crippen molar-refractivity contribution in [3.05, 3.63) is 88.1 Å². The Bertz CT molecular complexity index is 1100. The zero-order chi connectivity index (χ0) is 24.6. The standard InChI is InChI=1S/C29H34N2O3S/c1-3-21-15-16-31(18-26(32)23-17-25(4-2)35-20-23)19-27(21)34-29(33)28(22-11-7-5-8-12-22)30-24-13-9-6-10-14-24/h5-14,17,20-21,27-28,30H,3-4,15-16,18-19H2,1-2H3/t21?,27-,28?/m0/s1. The molecular weight excluding hydrogens is 456 g/mol. The number of piperidine rings is 1. The summed E-state index contributed by atoms with van der Waals surface area (Å²) >= 11 is 1.64. The van der Waals surface area contributed by atoms with Gasteiger partial charge in [-0.25, -0.2) is 4.79 Å². The van der Waals surface area contributed by atoms with Crippen molar-refractivity contribution >= 4 is 28.8 Å². The number of nitrogens with one attached hydrogen (secondary N) is 1. The normalized spacial score (nSPS) is 19.1. The maximum atomic E-state index is 13.5. The first kappa shape index (κ1) is 25.1. The molecule has 1 aliphatic rings. The molecule has 2 unspecified atom stereocenters. The number of Topliss-reactive ketones (excluding diaryl/α,β-unsaturated/α-hetero) is 1. The van der Waals surface area contributed by atoms with Crippen LogP contribution >= 0.6 is 11.3 Å². The van der Waals surface area contributed by atoms with Crippen molar-refractivity contribution in [2.75, 3.05) is 25.0 Å². The van der Waals surface area contributed by atoms with E-state index in [-0.39, 0.29) is 23.8 Å². The molecule has 0 bridgehead atoms. The molecular formula is C29H34N2O3S. The summed E-state index contributed by atoms with van der Waals surface area (Å²) in [6.07, 6.45) is 2.55. The van der Waals surface area contributed by atoms with Crippen LogP contribution in [0, 0.1) is 5.92 Å². The molecule has 1 aromatic heterocycles. The van der Waals surface area contributed by atoms with Crippen molar-refractivity contribution < 1.29 is 14.3 Å². The van der Waals surface area contributed by atoms with E-state index in [1.54, 1.807) is 11.3 Å². The maximum Gasteiger partial charge on any atom is 0.333 e. The smallest absolute Gasteiger partial charge is 0.333 e. The van der Waals surface area contributed by atoms with Crippen molar-refractivity contribution in [3.63, 3.8) is 0 Å². The van der Waals surface area contributed by atoms with Crippen LogP contribution in [-0.2, 0) is 16.0 Å². The summed E-state index contributed by atoms with van der Waals surface area (Å²) in [7, 11) is 0. The van der Waals surface area contributed by atoms with E-state index in [9.17, 15) is 9.59 Å². The maximum absolute atomic E-state index is 13.5. The van der Waals surface area contributed by atoms with Crippen LogP contribution in [0.25, 0.3) is 0 Å². The minimum Gasteiger partial charge on any atom is -0.459 e. The molecule has 35 heavy (non-hydrogen) atoms. The SMILES string of the molecule is CCc1cc(C(=O)CN2CCC(CC)[C@@H](OC(=O)C(Nc3ccccc3)c3ccccc3)C2)cs1. The van der Waals surface area contributed by atoms with Gasteiger partial charge in [-0.3, -0.25) is 9.69 Å². The van der Waals surface area contributed by atoms with Gasteiger partial charge in [0.1, 0.15) is 6.10 Å². The lowest BCUT2D eigenvalue weighted by molar-refractivity contribution is -0.156. The number of rotatable bonds is 10. The third-order valence-corrected chi connectivity index (χ3v) is 7.80. The van der Waals surface area contributed by atoms with Gasteiger partial charge >= 0.3 is 5.97 Å². The van der Waals surface area contributed by atoms with Crippen molar-refractivity contribution in [2.24, 2.45) is 5.92 Å². The molecule has 0 radical (unpaired) electrons. The number of nitrogens with zero attached hydrogens (tertiary/aromatic N) is 1. The number of carbonyl (C=O) groups is 2. The van der Waals surface area contributed by atoms with Crippen LogP contribution < -0.4 is 5.32 Å². The number of para-hydroxylation sites is 1. The zero-order valence-corrected chi connectivity index (χ0v) is 21.3. The molecule has 0 amide bonds. The Morgan fingerprint density at radius 3 is 2.46 bits per heavy atom. The second-order valence-electron chi connectivity index (χ2n) is 9.10. The van der Waals surface area contributed by atoms with E-state index in [0.29, 0.717) is 13.1 Å². The first-order valence-corrected chi connectivity index (χ1v) is 13.3. The number of ether oxygens (including phenoxy) is 1. The van der Waals surface area contributed by atoms with Crippen LogP contribution in [-0.4, -0.2) is 42.4 Å². The number of anilines is 1. The van der Waals surface area contributed by atoms with Gasteiger partial charge in [0.05, 0.1) is 6.54 Å². The van der Waals surface area contributed by atoms with Gasteiger partial charge < -0.3 is 10.1 Å². The fourth-order valence-corrected chi connectivity index (χ4v) is 5.46. The number of thiophene rings is 1. The Morgan fingerprint density at radius 2 is 1.80 bits per heavy atom. The minimum atomic E-state index is -0.605. The fourth-order valence-electron chi connectivity index (χ4n) is 4.62. The second-order valence-corrected chi connectivity index (χ2v) is 10.1. The van der Waals surface area contributed by atoms with Crippen molar-refractivity contribution in [2.45, 2.75) is 45.3 Å². The monoisotopic (exact) mass is 490 g/mol. The van der Waals surface area contributed by atoms with E-state index in [1.165, 1.54) is 4.88 Å². The van der Waals surface area contributed by atoms with Crippen molar-refractivity contribution in [1.29, 1.82) is 0 Å². The zero-order valence-electron chi connectivity index (χ0n) is 20.5. The van der Waals surface area contributed by atoms with Gasteiger partial charge in [0.25, 0.3) is 0 Å². The molecule has 3 atom stereocenters. The summed E-state index contributed by atoms with van der Waals surface area (Å²) in [5, 5.41) is 5.30. The molecule has 1 N–H and O–H groups in total. The lowest BCUT2D eigenvalue weighted by Gasteiger charge is -2.38. The van der Waals surface area contributed by atoms with Crippen molar-refractivity contribution in [1.82, 2.24) is 4.90 Å². The van der Waals surface area contributed by atoms with Gasteiger partial charge in [-0.05, 0) is 55.5 Å². The molecule has 6 heteroatoms. The molecule has 5 nitrogen and oxygen atoms in total. The first-order chi connectivity index (χ1) is 17.1. The molecule has 184 valence electrons. The van der Waals surface area contributed by atoms with Gasteiger partial charge in [0.2, 0.25) is 0 Å². The van der Waals surface area contributed by atoms with E-state index in [2.05, 4.69) is 24.1 Å². The molecule has 1 saturated heterocycles. The number of hydrogen-bond acceptors (Lipinski definition) is 6. The predicted molar refractivity (Wildman–Crippen MR) is 142 cm³/mol. The Hall–Kier alpha value is -2.96. The molecule has 2 heterocycles.